The van der Waals surface area contributed by atoms with Crippen molar-refractivity contribution in [3.05, 3.63) is 23.5 Å². The molecule has 1 aromatic carbocycles. The molecule has 0 aliphatic rings. The molecule has 0 N–H and O–H groups in total. The summed E-state index contributed by atoms with van der Waals surface area (Å²) in [5.74, 6) is -1.04. The number of hydrogen-bond acceptors (Lipinski definition) is 4. The summed E-state index contributed by atoms with van der Waals surface area (Å²) >= 11 is 0. The molecule has 0 heterocycles. The molecular formula is C9H10ClFO4S. The Hall–Kier alpha value is -1.01. The zero-order chi connectivity index (χ0) is 12.3. The summed E-state index contributed by atoms with van der Waals surface area (Å²) in [4.78, 5) is 0. The molecule has 90 valence electrons. The van der Waals surface area contributed by atoms with Crippen LogP contribution in [0.25, 0.3) is 0 Å². The van der Waals surface area contributed by atoms with Gasteiger partial charge in [0.15, 0.2) is 0 Å². The van der Waals surface area contributed by atoms with Gasteiger partial charge in [-0.15, -0.1) is 0 Å². The van der Waals surface area contributed by atoms with Crippen LogP contribution < -0.4 is 9.47 Å². The Morgan fingerprint density at radius 3 is 2.38 bits per heavy atom. The number of halogens is 2. The molecule has 0 unspecified atom stereocenters. The SMILES string of the molecule is COc1cc(F)c(CS(=O)(=O)Cl)c(OC)c1. The first kappa shape index (κ1) is 13.1. The molecule has 0 aliphatic carbocycles. The smallest absolute Gasteiger partial charge is 0.237 e. The highest BCUT2D eigenvalue weighted by atomic mass is 35.7. The average molecular weight is 269 g/mol. The lowest BCUT2D eigenvalue weighted by atomic mass is 10.2. The molecule has 0 saturated heterocycles. The van der Waals surface area contributed by atoms with Gasteiger partial charge >= 0.3 is 0 Å². The Labute approximate surface area is 97.4 Å². The fourth-order valence-electron chi connectivity index (χ4n) is 1.20. The average Bonchev–Trinajstić information content (AvgIpc) is 2.19. The quantitative estimate of drug-likeness (QED) is 0.783. The highest BCUT2D eigenvalue weighted by Gasteiger charge is 2.18. The van der Waals surface area contributed by atoms with Crippen LogP contribution in [0.3, 0.4) is 0 Å². The second kappa shape index (κ2) is 4.88. The van der Waals surface area contributed by atoms with Crippen LogP contribution in [0.15, 0.2) is 12.1 Å². The van der Waals surface area contributed by atoms with Crippen LogP contribution in [0.5, 0.6) is 11.5 Å². The van der Waals surface area contributed by atoms with Crippen molar-refractivity contribution in [2.45, 2.75) is 5.75 Å². The van der Waals surface area contributed by atoms with Crippen LogP contribution >= 0.6 is 10.7 Å². The molecule has 0 aromatic heterocycles. The van der Waals surface area contributed by atoms with Gasteiger partial charge in [0.2, 0.25) is 9.05 Å². The summed E-state index contributed by atoms with van der Waals surface area (Å²) in [5.41, 5.74) is -0.113. The number of ether oxygens (including phenoxy) is 2. The molecular weight excluding hydrogens is 259 g/mol. The van der Waals surface area contributed by atoms with Crippen molar-refractivity contribution in [3.8, 4) is 11.5 Å². The van der Waals surface area contributed by atoms with Crippen LogP contribution in [0, 0.1) is 5.82 Å². The van der Waals surface area contributed by atoms with Crippen molar-refractivity contribution in [3.63, 3.8) is 0 Å². The Bertz CT molecular complexity index is 487. The normalized spacial score (nSPS) is 11.2. The Balaban J connectivity index is 3.27. The Morgan fingerprint density at radius 2 is 1.94 bits per heavy atom. The predicted octanol–water partition coefficient (Wildman–Crippen LogP) is 1.91. The van der Waals surface area contributed by atoms with Crippen molar-refractivity contribution >= 4 is 19.7 Å². The maximum absolute atomic E-state index is 13.5. The molecule has 1 rings (SSSR count). The third-order valence-corrected chi connectivity index (χ3v) is 2.86. The molecule has 0 aliphatic heterocycles. The lowest BCUT2D eigenvalue weighted by molar-refractivity contribution is 0.385. The van der Waals surface area contributed by atoms with E-state index >= 15 is 0 Å². The second-order valence-corrected chi connectivity index (χ2v) is 5.75. The van der Waals surface area contributed by atoms with Crippen molar-refractivity contribution in [2.24, 2.45) is 0 Å². The van der Waals surface area contributed by atoms with Gasteiger partial charge in [-0.3, -0.25) is 0 Å². The van der Waals surface area contributed by atoms with Gasteiger partial charge in [-0.05, 0) is 0 Å². The molecule has 0 radical (unpaired) electrons. The summed E-state index contributed by atoms with van der Waals surface area (Å²) in [5, 5.41) is 0. The number of benzene rings is 1. The third kappa shape index (κ3) is 3.24. The van der Waals surface area contributed by atoms with Gasteiger partial charge < -0.3 is 9.47 Å². The summed E-state index contributed by atoms with van der Waals surface area (Å²) in [7, 11) is 3.89. The molecule has 4 nitrogen and oxygen atoms in total. The van der Waals surface area contributed by atoms with Gasteiger partial charge in [-0.25, -0.2) is 12.8 Å². The molecule has 16 heavy (non-hydrogen) atoms. The highest BCUT2D eigenvalue weighted by molar-refractivity contribution is 8.13. The van der Waals surface area contributed by atoms with E-state index in [1.807, 2.05) is 0 Å². The number of methoxy groups -OCH3 is 2. The highest BCUT2D eigenvalue weighted by Crippen LogP contribution is 2.29. The topological polar surface area (TPSA) is 52.6 Å². The molecule has 0 atom stereocenters. The van der Waals surface area contributed by atoms with E-state index in [0.717, 1.165) is 6.07 Å². The first-order valence-electron chi connectivity index (χ1n) is 4.20. The molecule has 0 bridgehead atoms. The van der Waals surface area contributed by atoms with Gasteiger partial charge in [-0.2, -0.15) is 0 Å². The van der Waals surface area contributed by atoms with Gasteiger partial charge in [0.1, 0.15) is 17.3 Å². The van der Waals surface area contributed by atoms with E-state index in [-0.39, 0.29) is 17.1 Å². The van der Waals surface area contributed by atoms with Crippen molar-refractivity contribution in [1.82, 2.24) is 0 Å². The standard InChI is InChI=1S/C9H10ClFO4S/c1-14-6-3-8(11)7(5-16(10,12)13)9(4-6)15-2/h3-4H,5H2,1-2H3. The van der Waals surface area contributed by atoms with E-state index in [1.165, 1.54) is 20.3 Å². The maximum Gasteiger partial charge on any atom is 0.237 e. The molecule has 0 saturated carbocycles. The van der Waals surface area contributed by atoms with Crippen LogP contribution in [0.2, 0.25) is 0 Å². The van der Waals surface area contributed by atoms with E-state index in [1.54, 1.807) is 0 Å². The van der Waals surface area contributed by atoms with Crippen LogP contribution in [-0.4, -0.2) is 22.6 Å². The summed E-state index contributed by atoms with van der Waals surface area (Å²) in [6, 6.07) is 2.46. The van der Waals surface area contributed by atoms with E-state index in [2.05, 4.69) is 0 Å². The summed E-state index contributed by atoms with van der Waals surface area (Å²) in [6.45, 7) is 0. The van der Waals surface area contributed by atoms with Crippen molar-refractivity contribution < 1.29 is 22.3 Å². The third-order valence-electron chi connectivity index (χ3n) is 1.90. The molecule has 0 spiro atoms. The van der Waals surface area contributed by atoms with E-state index < -0.39 is 20.6 Å². The van der Waals surface area contributed by atoms with Gasteiger partial charge in [0.25, 0.3) is 0 Å². The maximum atomic E-state index is 13.5. The fraction of sp³-hybridized carbons (Fsp3) is 0.333. The fourth-order valence-corrected chi connectivity index (χ4v) is 2.15. The Kier molecular flexibility index (Phi) is 3.98. The van der Waals surface area contributed by atoms with Crippen molar-refractivity contribution in [2.75, 3.05) is 14.2 Å². The lowest BCUT2D eigenvalue weighted by Gasteiger charge is -2.10. The van der Waals surface area contributed by atoms with Gasteiger partial charge in [0, 0.05) is 28.4 Å². The minimum Gasteiger partial charge on any atom is -0.497 e. The molecule has 7 heteroatoms. The zero-order valence-corrected chi connectivity index (χ0v) is 10.2. The predicted molar refractivity (Wildman–Crippen MR) is 58.0 cm³/mol. The van der Waals surface area contributed by atoms with Gasteiger partial charge in [0.05, 0.1) is 20.0 Å². The summed E-state index contributed by atoms with van der Waals surface area (Å²) in [6.07, 6.45) is 0. The van der Waals surface area contributed by atoms with Crippen molar-refractivity contribution in [1.29, 1.82) is 0 Å². The Morgan fingerprint density at radius 1 is 1.31 bits per heavy atom. The largest absolute Gasteiger partial charge is 0.497 e. The van der Waals surface area contributed by atoms with Crippen LogP contribution in [0.4, 0.5) is 4.39 Å². The summed E-state index contributed by atoms with van der Waals surface area (Å²) < 4.78 is 45.0. The van der Waals surface area contributed by atoms with E-state index in [4.69, 9.17) is 20.2 Å². The zero-order valence-electron chi connectivity index (χ0n) is 8.66. The van der Waals surface area contributed by atoms with Gasteiger partial charge in [-0.1, -0.05) is 0 Å². The molecule has 0 amide bonds. The number of rotatable bonds is 4. The van der Waals surface area contributed by atoms with E-state index in [9.17, 15) is 12.8 Å². The minimum atomic E-state index is -3.84. The molecule has 0 fully saturated rings. The minimum absolute atomic E-state index is 0.0843. The van der Waals surface area contributed by atoms with Crippen LogP contribution in [-0.2, 0) is 14.8 Å². The first-order chi connectivity index (χ1) is 7.37. The number of hydrogen-bond donors (Lipinski definition) is 0. The van der Waals surface area contributed by atoms with Crippen LogP contribution in [0.1, 0.15) is 5.56 Å². The monoisotopic (exact) mass is 268 g/mol. The lowest BCUT2D eigenvalue weighted by Crippen LogP contribution is -2.02. The van der Waals surface area contributed by atoms with E-state index in [0.29, 0.717) is 0 Å². The molecule has 1 aromatic rings. The second-order valence-electron chi connectivity index (χ2n) is 2.97. The first-order valence-corrected chi connectivity index (χ1v) is 6.68.